The number of carbonyl (C=O) groups excluding carboxylic acids is 2. The Morgan fingerprint density at radius 1 is 1.23 bits per heavy atom. The fraction of sp³-hybridized carbons (Fsp3) is 0.238. The van der Waals surface area contributed by atoms with Crippen molar-refractivity contribution in [2.24, 2.45) is 5.73 Å². The van der Waals surface area contributed by atoms with Gasteiger partial charge in [-0.25, -0.2) is 4.98 Å². The van der Waals surface area contributed by atoms with Crippen molar-refractivity contribution >= 4 is 11.8 Å². The summed E-state index contributed by atoms with van der Waals surface area (Å²) in [5.74, 6) is -0.427. The largest absolute Gasteiger partial charge is 0.497 e. The van der Waals surface area contributed by atoms with Gasteiger partial charge in [-0.3, -0.25) is 9.59 Å². The van der Waals surface area contributed by atoms with E-state index in [2.05, 4.69) is 10.1 Å². The molecule has 1 aromatic carbocycles. The van der Waals surface area contributed by atoms with Crippen molar-refractivity contribution in [3.63, 3.8) is 0 Å². The van der Waals surface area contributed by atoms with Crippen molar-refractivity contribution in [1.82, 2.24) is 15.0 Å². The minimum Gasteiger partial charge on any atom is -0.497 e. The molecule has 1 atom stereocenters. The maximum absolute atomic E-state index is 12.3. The molecule has 1 unspecified atom stereocenters. The lowest BCUT2D eigenvalue weighted by molar-refractivity contribution is -0.144. The van der Waals surface area contributed by atoms with Crippen LogP contribution in [-0.4, -0.2) is 52.7 Å². The molecule has 3 aromatic rings. The number of carbonyl (C=O) groups is 2. The molecule has 9 heteroatoms. The van der Waals surface area contributed by atoms with E-state index in [-0.39, 0.29) is 17.9 Å². The summed E-state index contributed by atoms with van der Waals surface area (Å²) in [5, 5.41) is 14.8. The van der Waals surface area contributed by atoms with Crippen LogP contribution in [0.1, 0.15) is 22.7 Å². The summed E-state index contributed by atoms with van der Waals surface area (Å²) in [6.07, 6.45) is 0.226. The number of nitrogens with zero attached hydrogens (tertiary/aromatic N) is 3. The fourth-order valence-electron chi connectivity index (χ4n) is 3.43. The number of hydrogen-bond acceptors (Lipinski definition) is 7. The Morgan fingerprint density at radius 2 is 1.97 bits per heavy atom. The standard InChI is InChI=1S/C21H20N4O5/c1-25-7-6-21(28,20(25)27)18-11-17(24-30-18)13-8-12(9-14(10-13)29-2)15-4-3-5-16(23-15)19(22)26/h3-5,8-11,28H,6-7H2,1-2H3,(H2,22,26). The highest BCUT2D eigenvalue weighted by atomic mass is 16.5. The van der Waals surface area contributed by atoms with Gasteiger partial charge in [-0.05, 0) is 30.3 Å². The van der Waals surface area contributed by atoms with Crippen molar-refractivity contribution in [3.8, 4) is 28.3 Å². The van der Waals surface area contributed by atoms with E-state index in [4.69, 9.17) is 15.0 Å². The third-order valence-electron chi connectivity index (χ3n) is 5.16. The molecule has 4 rings (SSSR count). The zero-order chi connectivity index (χ0) is 21.5. The number of amides is 2. The van der Waals surface area contributed by atoms with Gasteiger partial charge < -0.3 is 25.0 Å². The van der Waals surface area contributed by atoms with Crippen LogP contribution in [0.3, 0.4) is 0 Å². The van der Waals surface area contributed by atoms with Gasteiger partial charge in [0.05, 0.1) is 12.8 Å². The maximum Gasteiger partial charge on any atom is 0.267 e. The Labute approximate surface area is 172 Å². The molecule has 2 aromatic heterocycles. The van der Waals surface area contributed by atoms with Crippen LogP contribution in [0.15, 0.2) is 47.0 Å². The van der Waals surface area contributed by atoms with E-state index >= 15 is 0 Å². The zero-order valence-corrected chi connectivity index (χ0v) is 16.5. The Hall–Kier alpha value is -3.72. The van der Waals surface area contributed by atoms with Gasteiger partial charge in [-0.15, -0.1) is 0 Å². The molecule has 1 fully saturated rings. The van der Waals surface area contributed by atoms with E-state index < -0.39 is 17.4 Å². The number of likely N-dealkylation sites (tertiary alicyclic amines) is 1. The van der Waals surface area contributed by atoms with Crippen molar-refractivity contribution in [3.05, 3.63) is 53.9 Å². The number of ether oxygens (including phenoxy) is 1. The highest BCUT2D eigenvalue weighted by molar-refractivity contribution is 5.91. The lowest BCUT2D eigenvalue weighted by Gasteiger charge is -2.16. The molecule has 0 radical (unpaired) electrons. The van der Waals surface area contributed by atoms with E-state index in [1.807, 2.05) is 0 Å². The number of likely N-dealkylation sites (N-methyl/N-ethyl adjacent to an activating group) is 1. The molecule has 0 bridgehead atoms. The van der Waals surface area contributed by atoms with Gasteiger partial charge in [0.15, 0.2) is 5.76 Å². The maximum atomic E-state index is 12.3. The molecule has 1 saturated heterocycles. The van der Waals surface area contributed by atoms with Crippen LogP contribution < -0.4 is 10.5 Å². The third-order valence-corrected chi connectivity index (χ3v) is 5.16. The van der Waals surface area contributed by atoms with Crippen LogP contribution in [0.25, 0.3) is 22.5 Å². The first kappa shape index (κ1) is 19.6. The van der Waals surface area contributed by atoms with E-state index in [0.29, 0.717) is 34.8 Å². The molecule has 154 valence electrons. The molecular weight excluding hydrogens is 388 g/mol. The van der Waals surface area contributed by atoms with E-state index in [9.17, 15) is 14.7 Å². The average Bonchev–Trinajstić information content (AvgIpc) is 3.36. The number of methoxy groups -OCH3 is 1. The second kappa shape index (κ2) is 7.27. The molecular formula is C21H20N4O5. The third kappa shape index (κ3) is 3.29. The smallest absolute Gasteiger partial charge is 0.267 e. The van der Waals surface area contributed by atoms with E-state index in [1.165, 1.54) is 18.1 Å². The number of aromatic nitrogens is 2. The van der Waals surface area contributed by atoms with Gasteiger partial charge in [-0.2, -0.15) is 0 Å². The molecule has 1 aliphatic rings. The summed E-state index contributed by atoms with van der Waals surface area (Å²) in [7, 11) is 3.15. The van der Waals surface area contributed by atoms with E-state index in [1.54, 1.807) is 43.4 Å². The molecule has 9 nitrogen and oxygen atoms in total. The summed E-state index contributed by atoms with van der Waals surface area (Å²) in [6, 6.07) is 11.8. The Bertz CT molecular complexity index is 1140. The summed E-state index contributed by atoms with van der Waals surface area (Å²) in [5.41, 5.74) is 6.01. The lowest BCUT2D eigenvalue weighted by atomic mass is 9.97. The predicted molar refractivity (Wildman–Crippen MR) is 106 cm³/mol. The Morgan fingerprint density at radius 3 is 2.60 bits per heavy atom. The minimum absolute atomic E-state index is 0.0880. The Kier molecular flexibility index (Phi) is 4.75. The molecule has 0 aliphatic carbocycles. The molecule has 0 saturated carbocycles. The number of pyridine rings is 1. The molecule has 30 heavy (non-hydrogen) atoms. The first-order valence-corrected chi connectivity index (χ1v) is 9.23. The molecule has 3 N–H and O–H groups in total. The summed E-state index contributed by atoms with van der Waals surface area (Å²) < 4.78 is 10.7. The van der Waals surface area contributed by atoms with Crippen molar-refractivity contribution in [2.75, 3.05) is 20.7 Å². The quantitative estimate of drug-likeness (QED) is 0.655. The fourth-order valence-corrected chi connectivity index (χ4v) is 3.43. The van der Waals surface area contributed by atoms with Crippen molar-refractivity contribution in [1.29, 1.82) is 0 Å². The van der Waals surface area contributed by atoms with Crippen LogP contribution >= 0.6 is 0 Å². The van der Waals surface area contributed by atoms with Gasteiger partial charge >= 0.3 is 0 Å². The van der Waals surface area contributed by atoms with Gasteiger partial charge in [0.1, 0.15) is 17.1 Å². The monoisotopic (exact) mass is 408 g/mol. The summed E-state index contributed by atoms with van der Waals surface area (Å²) in [6.45, 7) is 0.427. The number of benzene rings is 1. The zero-order valence-electron chi connectivity index (χ0n) is 16.5. The molecule has 2 amide bonds. The van der Waals surface area contributed by atoms with Crippen LogP contribution in [0, 0.1) is 0 Å². The molecule has 3 heterocycles. The normalized spacial score (nSPS) is 18.6. The summed E-state index contributed by atoms with van der Waals surface area (Å²) in [4.78, 5) is 29.5. The number of primary amides is 1. The number of aliphatic hydroxyl groups is 1. The Balaban J connectivity index is 1.75. The van der Waals surface area contributed by atoms with Crippen LogP contribution in [0.5, 0.6) is 5.75 Å². The molecule has 0 spiro atoms. The first-order chi connectivity index (χ1) is 14.3. The van der Waals surface area contributed by atoms with Gasteiger partial charge in [-0.1, -0.05) is 11.2 Å². The highest BCUT2D eigenvalue weighted by Gasteiger charge is 2.48. The van der Waals surface area contributed by atoms with Gasteiger partial charge in [0, 0.05) is 37.2 Å². The van der Waals surface area contributed by atoms with E-state index in [0.717, 1.165) is 0 Å². The second-order valence-corrected chi connectivity index (χ2v) is 7.14. The number of nitrogens with two attached hydrogens (primary N) is 1. The highest BCUT2D eigenvalue weighted by Crippen LogP contribution is 2.36. The average molecular weight is 408 g/mol. The van der Waals surface area contributed by atoms with Crippen LogP contribution in [0.4, 0.5) is 0 Å². The molecule has 1 aliphatic heterocycles. The predicted octanol–water partition coefficient (Wildman–Crippen LogP) is 1.56. The number of rotatable bonds is 5. The first-order valence-electron chi connectivity index (χ1n) is 9.23. The van der Waals surface area contributed by atoms with Gasteiger partial charge in [0.25, 0.3) is 11.8 Å². The van der Waals surface area contributed by atoms with Crippen molar-refractivity contribution in [2.45, 2.75) is 12.0 Å². The van der Waals surface area contributed by atoms with Crippen LogP contribution in [0.2, 0.25) is 0 Å². The minimum atomic E-state index is -1.72. The SMILES string of the molecule is COc1cc(-c2cc(C3(O)CCN(C)C3=O)on2)cc(-c2cccc(C(N)=O)n2)c1. The summed E-state index contributed by atoms with van der Waals surface area (Å²) >= 11 is 0. The lowest BCUT2D eigenvalue weighted by Crippen LogP contribution is -2.35. The van der Waals surface area contributed by atoms with Crippen LogP contribution in [-0.2, 0) is 10.4 Å². The van der Waals surface area contributed by atoms with Crippen molar-refractivity contribution < 1.29 is 24.0 Å². The van der Waals surface area contributed by atoms with Gasteiger partial charge in [0.2, 0.25) is 5.60 Å². The number of hydrogen-bond donors (Lipinski definition) is 2. The topological polar surface area (TPSA) is 132 Å². The second-order valence-electron chi connectivity index (χ2n) is 7.14.